The maximum atomic E-state index is 12.7. The lowest BCUT2D eigenvalue weighted by atomic mass is 9.96. The largest absolute Gasteiger partial charge is 0.474 e. The predicted octanol–water partition coefficient (Wildman–Crippen LogP) is 3.24. The predicted molar refractivity (Wildman–Crippen MR) is 95.7 cm³/mol. The summed E-state index contributed by atoms with van der Waals surface area (Å²) in [5.74, 6) is 0.412. The Kier molecular flexibility index (Phi) is 5.06. The van der Waals surface area contributed by atoms with E-state index in [1.54, 1.807) is 18.3 Å². The van der Waals surface area contributed by atoms with Crippen molar-refractivity contribution in [1.29, 1.82) is 0 Å². The van der Waals surface area contributed by atoms with Crippen molar-refractivity contribution in [2.75, 3.05) is 0 Å². The van der Waals surface area contributed by atoms with Gasteiger partial charge in [0.1, 0.15) is 6.10 Å². The van der Waals surface area contributed by atoms with Gasteiger partial charge in [-0.25, -0.2) is 4.98 Å². The number of ether oxygens (including phenoxy) is 1. The molecule has 134 valence electrons. The number of pyridine rings is 1. The van der Waals surface area contributed by atoms with Crippen molar-refractivity contribution in [2.24, 2.45) is 7.05 Å². The first kappa shape index (κ1) is 17.5. The minimum Gasteiger partial charge on any atom is -0.474 e. The average molecular weight is 342 g/mol. The quantitative estimate of drug-likeness (QED) is 0.875. The third kappa shape index (κ3) is 3.67. The monoisotopic (exact) mass is 342 g/mol. The van der Waals surface area contributed by atoms with Crippen molar-refractivity contribution in [1.82, 2.24) is 20.1 Å². The zero-order valence-electron chi connectivity index (χ0n) is 15.4. The van der Waals surface area contributed by atoms with Crippen LogP contribution in [0.2, 0.25) is 0 Å². The molecule has 2 heterocycles. The van der Waals surface area contributed by atoms with Gasteiger partial charge in [-0.15, -0.1) is 0 Å². The SMILES string of the molecule is CC[C@H](NC(=O)c1ccnc(OC2CCC2)c1)c1c(C)nn(C)c1C. The summed E-state index contributed by atoms with van der Waals surface area (Å²) in [4.78, 5) is 16.9. The minimum atomic E-state index is -0.115. The van der Waals surface area contributed by atoms with Crippen molar-refractivity contribution < 1.29 is 9.53 Å². The van der Waals surface area contributed by atoms with Gasteiger partial charge in [0, 0.05) is 36.1 Å². The van der Waals surface area contributed by atoms with Crippen LogP contribution in [-0.2, 0) is 7.05 Å². The maximum absolute atomic E-state index is 12.7. The first-order valence-corrected chi connectivity index (χ1v) is 8.93. The molecule has 6 nitrogen and oxygen atoms in total. The fourth-order valence-corrected chi connectivity index (χ4v) is 3.19. The highest BCUT2D eigenvalue weighted by Gasteiger charge is 2.23. The molecule has 3 rings (SSSR count). The molecule has 0 saturated heterocycles. The van der Waals surface area contributed by atoms with Gasteiger partial charge in [-0.2, -0.15) is 5.10 Å². The van der Waals surface area contributed by atoms with Crippen molar-refractivity contribution in [2.45, 2.75) is 58.6 Å². The smallest absolute Gasteiger partial charge is 0.252 e. The molecule has 2 aromatic heterocycles. The van der Waals surface area contributed by atoms with E-state index in [0.29, 0.717) is 11.4 Å². The fraction of sp³-hybridized carbons (Fsp3) is 0.526. The second kappa shape index (κ2) is 7.25. The highest BCUT2D eigenvalue weighted by atomic mass is 16.5. The van der Waals surface area contributed by atoms with Gasteiger partial charge in [0.05, 0.1) is 11.7 Å². The van der Waals surface area contributed by atoms with Gasteiger partial charge < -0.3 is 10.1 Å². The molecule has 1 aliphatic carbocycles. The van der Waals surface area contributed by atoms with E-state index in [-0.39, 0.29) is 18.1 Å². The van der Waals surface area contributed by atoms with Gasteiger partial charge in [0.2, 0.25) is 5.88 Å². The molecule has 0 radical (unpaired) electrons. The molecule has 0 aliphatic heterocycles. The summed E-state index contributed by atoms with van der Waals surface area (Å²) in [6.07, 6.45) is 6.01. The van der Waals surface area contributed by atoms with Crippen molar-refractivity contribution >= 4 is 5.91 Å². The Labute approximate surface area is 148 Å². The zero-order valence-corrected chi connectivity index (χ0v) is 15.4. The first-order chi connectivity index (χ1) is 12.0. The fourth-order valence-electron chi connectivity index (χ4n) is 3.19. The Balaban J connectivity index is 1.74. The lowest BCUT2D eigenvalue weighted by Crippen LogP contribution is -2.29. The van der Waals surface area contributed by atoms with Crippen molar-refractivity contribution in [3.63, 3.8) is 0 Å². The molecule has 1 atom stereocenters. The number of amides is 1. The second-order valence-corrected chi connectivity index (χ2v) is 6.70. The Morgan fingerprint density at radius 1 is 1.44 bits per heavy atom. The number of aryl methyl sites for hydroxylation is 2. The summed E-state index contributed by atoms with van der Waals surface area (Å²) in [6.45, 7) is 6.07. The maximum Gasteiger partial charge on any atom is 0.252 e. The van der Waals surface area contributed by atoms with Crippen LogP contribution in [0.5, 0.6) is 5.88 Å². The van der Waals surface area contributed by atoms with E-state index in [1.165, 1.54) is 6.42 Å². The zero-order chi connectivity index (χ0) is 18.0. The van der Waals surface area contributed by atoms with E-state index in [4.69, 9.17) is 4.74 Å². The van der Waals surface area contributed by atoms with Crippen LogP contribution in [0.3, 0.4) is 0 Å². The number of carbonyl (C=O) groups is 1. The van der Waals surface area contributed by atoms with Crippen LogP contribution in [0.15, 0.2) is 18.3 Å². The Morgan fingerprint density at radius 3 is 2.76 bits per heavy atom. The van der Waals surface area contributed by atoms with Crippen LogP contribution in [0.4, 0.5) is 0 Å². The van der Waals surface area contributed by atoms with E-state index < -0.39 is 0 Å². The Hall–Kier alpha value is -2.37. The molecule has 0 bridgehead atoms. The normalized spacial score (nSPS) is 15.5. The van der Waals surface area contributed by atoms with Crippen LogP contribution in [0.25, 0.3) is 0 Å². The van der Waals surface area contributed by atoms with E-state index in [9.17, 15) is 4.79 Å². The molecule has 1 aliphatic rings. The van der Waals surface area contributed by atoms with E-state index in [1.807, 2.05) is 25.6 Å². The van der Waals surface area contributed by atoms with Crippen LogP contribution < -0.4 is 10.1 Å². The third-order valence-corrected chi connectivity index (χ3v) is 4.96. The van der Waals surface area contributed by atoms with Crippen LogP contribution >= 0.6 is 0 Å². The number of hydrogen-bond acceptors (Lipinski definition) is 4. The average Bonchev–Trinajstić information content (AvgIpc) is 2.81. The first-order valence-electron chi connectivity index (χ1n) is 8.93. The summed E-state index contributed by atoms with van der Waals surface area (Å²) in [7, 11) is 1.92. The van der Waals surface area contributed by atoms with Gasteiger partial charge in [-0.05, 0) is 45.6 Å². The number of hydrogen-bond donors (Lipinski definition) is 1. The van der Waals surface area contributed by atoms with Crippen LogP contribution in [-0.4, -0.2) is 26.8 Å². The molecule has 1 N–H and O–H groups in total. The second-order valence-electron chi connectivity index (χ2n) is 6.70. The van der Waals surface area contributed by atoms with Gasteiger partial charge in [0.25, 0.3) is 5.91 Å². The topological polar surface area (TPSA) is 69.0 Å². The van der Waals surface area contributed by atoms with Gasteiger partial charge >= 0.3 is 0 Å². The Bertz CT molecular complexity index is 765. The third-order valence-electron chi connectivity index (χ3n) is 4.96. The summed E-state index contributed by atoms with van der Waals surface area (Å²) in [5, 5.41) is 7.58. The summed E-state index contributed by atoms with van der Waals surface area (Å²) in [6, 6.07) is 3.38. The molecule has 0 spiro atoms. The summed E-state index contributed by atoms with van der Waals surface area (Å²) in [5.41, 5.74) is 3.70. The highest BCUT2D eigenvalue weighted by molar-refractivity contribution is 5.94. The lowest BCUT2D eigenvalue weighted by molar-refractivity contribution is 0.0930. The number of aromatic nitrogens is 3. The van der Waals surface area contributed by atoms with Gasteiger partial charge in [-0.3, -0.25) is 9.48 Å². The lowest BCUT2D eigenvalue weighted by Gasteiger charge is -2.25. The molecular formula is C19H26N4O2. The number of rotatable bonds is 6. The molecule has 1 amide bonds. The number of nitrogens with one attached hydrogen (secondary N) is 1. The summed E-state index contributed by atoms with van der Waals surface area (Å²) < 4.78 is 7.65. The Morgan fingerprint density at radius 2 is 2.20 bits per heavy atom. The highest BCUT2D eigenvalue weighted by Crippen LogP contribution is 2.26. The molecule has 2 aromatic rings. The summed E-state index contributed by atoms with van der Waals surface area (Å²) >= 11 is 0. The molecule has 25 heavy (non-hydrogen) atoms. The minimum absolute atomic E-state index is 0.0645. The van der Waals surface area contributed by atoms with Gasteiger partial charge in [-0.1, -0.05) is 6.92 Å². The standard InChI is InChI=1S/C19H26N4O2/c1-5-16(18-12(2)22-23(4)13(18)3)21-19(24)14-9-10-20-17(11-14)25-15-7-6-8-15/h9-11,15-16H,5-8H2,1-4H3,(H,21,24)/t16-/m0/s1. The van der Waals surface area contributed by atoms with Gasteiger partial charge in [0.15, 0.2) is 0 Å². The molecule has 1 fully saturated rings. The van der Waals surface area contributed by atoms with E-state index in [0.717, 1.165) is 36.2 Å². The van der Waals surface area contributed by atoms with Crippen molar-refractivity contribution in [3.05, 3.63) is 40.8 Å². The van der Waals surface area contributed by atoms with Crippen molar-refractivity contribution in [3.8, 4) is 5.88 Å². The molecule has 0 aromatic carbocycles. The van der Waals surface area contributed by atoms with E-state index >= 15 is 0 Å². The molecule has 0 unspecified atom stereocenters. The number of nitrogens with zero attached hydrogens (tertiary/aromatic N) is 3. The van der Waals surface area contributed by atoms with Crippen LogP contribution in [0, 0.1) is 13.8 Å². The van der Waals surface area contributed by atoms with Crippen LogP contribution in [0.1, 0.15) is 66.0 Å². The molecular weight excluding hydrogens is 316 g/mol. The number of carbonyl (C=O) groups excluding carboxylic acids is 1. The molecule has 6 heteroatoms. The molecule has 1 saturated carbocycles. The van der Waals surface area contributed by atoms with E-state index in [2.05, 4.69) is 22.3 Å².